The fourth-order valence-corrected chi connectivity index (χ4v) is 2.30. The third-order valence-electron chi connectivity index (χ3n) is 3.37. The summed E-state index contributed by atoms with van der Waals surface area (Å²) in [5.74, 6) is -0.0275. The molecule has 0 radical (unpaired) electrons. The zero-order valence-electron chi connectivity index (χ0n) is 12.0. The molecule has 0 saturated heterocycles. The summed E-state index contributed by atoms with van der Waals surface area (Å²) in [4.78, 5) is 7.54. The highest BCUT2D eigenvalue weighted by atomic mass is 19.4. The molecule has 0 aromatic carbocycles. The molecule has 7 heteroatoms. The summed E-state index contributed by atoms with van der Waals surface area (Å²) in [5, 5.41) is 2.78. The van der Waals surface area contributed by atoms with E-state index >= 15 is 0 Å². The van der Waals surface area contributed by atoms with Crippen molar-refractivity contribution in [1.82, 2.24) is 9.97 Å². The van der Waals surface area contributed by atoms with Gasteiger partial charge in [0, 0.05) is 12.6 Å². The van der Waals surface area contributed by atoms with Crippen LogP contribution >= 0.6 is 0 Å². The van der Waals surface area contributed by atoms with Crippen LogP contribution < -0.4 is 10.1 Å². The topological polar surface area (TPSA) is 47.0 Å². The van der Waals surface area contributed by atoms with Crippen LogP contribution in [-0.2, 0) is 6.18 Å². The van der Waals surface area contributed by atoms with E-state index in [1.807, 2.05) is 6.92 Å². The lowest BCUT2D eigenvalue weighted by atomic mass is 9.98. The Kier molecular flexibility index (Phi) is 5.25. The zero-order valence-corrected chi connectivity index (χ0v) is 12.0. The van der Waals surface area contributed by atoms with Crippen molar-refractivity contribution in [2.24, 2.45) is 0 Å². The van der Waals surface area contributed by atoms with Crippen LogP contribution in [0.2, 0.25) is 0 Å². The van der Waals surface area contributed by atoms with E-state index in [9.17, 15) is 13.2 Å². The molecule has 1 aromatic rings. The van der Waals surface area contributed by atoms with E-state index in [1.54, 1.807) is 0 Å². The van der Waals surface area contributed by atoms with Gasteiger partial charge in [-0.15, -0.1) is 0 Å². The fraction of sp³-hybridized carbons (Fsp3) is 0.714. The van der Waals surface area contributed by atoms with Gasteiger partial charge in [-0.25, -0.2) is 4.98 Å². The highest BCUT2D eigenvalue weighted by molar-refractivity contribution is 5.32. The van der Waals surface area contributed by atoms with E-state index in [4.69, 9.17) is 4.74 Å². The summed E-state index contributed by atoms with van der Waals surface area (Å²) >= 11 is 0. The summed E-state index contributed by atoms with van der Waals surface area (Å²) in [6.45, 7) is 2.43. The Morgan fingerprint density at radius 3 is 2.57 bits per heavy atom. The molecule has 1 fully saturated rings. The summed E-state index contributed by atoms with van der Waals surface area (Å²) in [6.07, 6.45) is 1.20. The molecule has 1 aromatic heterocycles. The number of hydrogen-bond acceptors (Lipinski definition) is 4. The van der Waals surface area contributed by atoms with Crippen molar-refractivity contribution >= 4 is 5.95 Å². The molecular weight excluding hydrogens is 283 g/mol. The number of ether oxygens (including phenoxy) is 1. The second-order valence-corrected chi connectivity index (χ2v) is 5.22. The highest BCUT2D eigenvalue weighted by Gasteiger charge is 2.34. The number of anilines is 1. The number of alkyl halides is 3. The Labute approximate surface area is 122 Å². The molecule has 118 valence electrons. The van der Waals surface area contributed by atoms with Crippen molar-refractivity contribution in [1.29, 1.82) is 0 Å². The van der Waals surface area contributed by atoms with Crippen LogP contribution in [0.25, 0.3) is 0 Å². The van der Waals surface area contributed by atoms with E-state index in [0.29, 0.717) is 6.54 Å². The second kappa shape index (κ2) is 6.95. The standard InChI is InChI=1S/C14H20F3N3O/c1-2-8-18-13-19-11(14(15,16)17)9-12(20-13)21-10-6-4-3-5-7-10/h9-10H,2-8H2,1H3,(H,18,19,20). The quantitative estimate of drug-likeness (QED) is 0.892. The number of nitrogens with zero attached hydrogens (tertiary/aromatic N) is 2. The van der Waals surface area contributed by atoms with Crippen molar-refractivity contribution in [2.45, 2.75) is 57.7 Å². The highest BCUT2D eigenvalue weighted by Crippen LogP contribution is 2.31. The van der Waals surface area contributed by atoms with Gasteiger partial charge in [-0.2, -0.15) is 18.2 Å². The minimum atomic E-state index is -4.50. The Hall–Kier alpha value is -1.53. The Balaban J connectivity index is 2.17. The number of nitrogens with one attached hydrogen (secondary N) is 1. The van der Waals surface area contributed by atoms with Gasteiger partial charge in [-0.3, -0.25) is 0 Å². The number of halogens is 3. The van der Waals surface area contributed by atoms with Crippen LogP contribution in [0.4, 0.5) is 19.1 Å². The van der Waals surface area contributed by atoms with Crippen LogP contribution in [0.1, 0.15) is 51.1 Å². The molecule has 2 rings (SSSR count). The molecule has 21 heavy (non-hydrogen) atoms. The molecular formula is C14H20F3N3O. The summed E-state index contributed by atoms with van der Waals surface area (Å²) in [5.41, 5.74) is -0.970. The molecule has 0 unspecified atom stereocenters. The Bertz CT molecular complexity index is 459. The van der Waals surface area contributed by atoms with E-state index in [-0.39, 0.29) is 17.9 Å². The largest absolute Gasteiger partial charge is 0.474 e. The van der Waals surface area contributed by atoms with Crippen molar-refractivity contribution in [2.75, 3.05) is 11.9 Å². The molecule has 1 heterocycles. The maximum atomic E-state index is 12.9. The molecule has 1 aliphatic carbocycles. The smallest absolute Gasteiger partial charge is 0.433 e. The first-order valence-corrected chi connectivity index (χ1v) is 7.36. The minimum Gasteiger partial charge on any atom is -0.474 e. The predicted molar refractivity (Wildman–Crippen MR) is 73.3 cm³/mol. The monoisotopic (exact) mass is 303 g/mol. The minimum absolute atomic E-state index is 0.00262. The summed E-state index contributed by atoms with van der Waals surface area (Å²) < 4.78 is 44.2. The fourth-order valence-electron chi connectivity index (χ4n) is 2.30. The second-order valence-electron chi connectivity index (χ2n) is 5.22. The van der Waals surface area contributed by atoms with Crippen LogP contribution in [-0.4, -0.2) is 22.6 Å². The van der Waals surface area contributed by atoms with Crippen molar-refractivity contribution in [3.05, 3.63) is 11.8 Å². The van der Waals surface area contributed by atoms with Gasteiger partial charge in [0.15, 0.2) is 5.69 Å². The molecule has 0 aliphatic heterocycles. The molecule has 1 N–H and O–H groups in total. The predicted octanol–water partition coefficient (Wildman–Crippen LogP) is 4.03. The van der Waals surface area contributed by atoms with Crippen LogP contribution in [0.3, 0.4) is 0 Å². The van der Waals surface area contributed by atoms with Crippen molar-refractivity contribution in [3.63, 3.8) is 0 Å². The van der Waals surface area contributed by atoms with E-state index in [1.165, 1.54) is 0 Å². The summed E-state index contributed by atoms with van der Waals surface area (Å²) in [7, 11) is 0. The third kappa shape index (κ3) is 4.75. The van der Waals surface area contributed by atoms with Crippen LogP contribution in [0, 0.1) is 0 Å². The lowest BCUT2D eigenvalue weighted by molar-refractivity contribution is -0.141. The number of hydrogen-bond donors (Lipinski definition) is 1. The van der Waals surface area contributed by atoms with E-state index < -0.39 is 11.9 Å². The Morgan fingerprint density at radius 2 is 1.95 bits per heavy atom. The SMILES string of the molecule is CCCNc1nc(OC2CCCCC2)cc(C(F)(F)F)n1. The molecule has 1 aliphatic rings. The Morgan fingerprint density at radius 1 is 1.24 bits per heavy atom. The first-order chi connectivity index (χ1) is 9.99. The molecule has 4 nitrogen and oxygen atoms in total. The maximum absolute atomic E-state index is 12.9. The van der Waals surface area contributed by atoms with Crippen molar-refractivity contribution in [3.8, 4) is 5.88 Å². The van der Waals surface area contributed by atoms with Crippen LogP contribution in [0.5, 0.6) is 5.88 Å². The first kappa shape index (κ1) is 15.9. The van der Waals surface area contributed by atoms with Gasteiger partial charge >= 0.3 is 6.18 Å². The average molecular weight is 303 g/mol. The third-order valence-corrected chi connectivity index (χ3v) is 3.37. The zero-order chi connectivity index (χ0) is 15.3. The molecule has 0 spiro atoms. The summed E-state index contributed by atoms with van der Waals surface area (Å²) in [6, 6.07) is 0.881. The first-order valence-electron chi connectivity index (χ1n) is 7.36. The van der Waals surface area contributed by atoms with Gasteiger partial charge in [-0.1, -0.05) is 13.3 Å². The van der Waals surface area contributed by atoms with Gasteiger partial charge in [0.05, 0.1) is 0 Å². The molecule has 0 bridgehead atoms. The average Bonchev–Trinajstić information content (AvgIpc) is 2.45. The number of rotatable bonds is 5. The molecule has 1 saturated carbocycles. The van der Waals surface area contributed by atoms with Crippen LogP contribution in [0.15, 0.2) is 6.07 Å². The van der Waals surface area contributed by atoms with Crippen molar-refractivity contribution < 1.29 is 17.9 Å². The van der Waals surface area contributed by atoms with E-state index in [0.717, 1.165) is 44.6 Å². The van der Waals surface area contributed by atoms with Gasteiger partial charge in [0.1, 0.15) is 6.10 Å². The molecule has 0 atom stereocenters. The van der Waals surface area contributed by atoms with E-state index in [2.05, 4.69) is 15.3 Å². The van der Waals surface area contributed by atoms with Gasteiger partial charge < -0.3 is 10.1 Å². The number of aromatic nitrogens is 2. The van der Waals surface area contributed by atoms with Gasteiger partial charge in [0.2, 0.25) is 11.8 Å². The normalized spacial score (nSPS) is 16.8. The molecule has 0 amide bonds. The lowest BCUT2D eigenvalue weighted by Crippen LogP contribution is -2.21. The van der Waals surface area contributed by atoms with Gasteiger partial charge in [0.25, 0.3) is 0 Å². The lowest BCUT2D eigenvalue weighted by Gasteiger charge is -2.23. The maximum Gasteiger partial charge on any atom is 0.433 e. The van der Waals surface area contributed by atoms with Gasteiger partial charge in [-0.05, 0) is 32.1 Å².